The van der Waals surface area contributed by atoms with Gasteiger partial charge in [-0.15, -0.1) is 0 Å². The zero-order valence-electron chi connectivity index (χ0n) is 20.7. The highest BCUT2D eigenvalue weighted by Gasteiger charge is 2.20. The van der Waals surface area contributed by atoms with Crippen molar-refractivity contribution in [1.29, 1.82) is 0 Å². The Morgan fingerprint density at radius 3 is 1.65 bits per heavy atom. The Hall–Kier alpha value is -4.29. The van der Waals surface area contributed by atoms with Gasteiger partial charge in [-0.25, -0.2) is 4.79 Å². The standard InChI is InChI=1S/C31H25NO4S/c1-20-8-4-6-10-27(20)29(32-36-22(3)33)31(35)24-14-18-26(19-15-24)37-25-16-12-23(13-17-25)30(34)28-11-7-5-9-21(28)2/h4-19H,1-3H3/b32-29-. The molecule has 0 fully saturated rings. The topological polar surface area (TPSA) is 72.8 Å². The molecule has 0 aromatic heterocycles. The summed E-state index contributed by atoms with van der Waals surface area (Å²) in [5.41, 5.74) is 4.23. The van der Waals surface area contributed by atoms with E-state index in [-0.39, 0.29) is 17.3 Å². The first-order valence-corrected chi connectivity index (χ1v) is 12.5. The number of oxime groups is 1. The van der Waals surface area contributed by atoms with Gasteiger partial charge in [0.2, 0.25) is 5.78 Å². The van der Waals surface area contributed by atoms with E-state index in [1.807, 2.05) is 86.6 Å². The first kappa shape index (κ1) is 25.8. The van der Waals surface area contributed by atoms with Gasteiger partial charge in [0, 0.05) is 39.0 Å². The van der Waals surface area contributed by atoms with Crippen LogP contribution in [0.1, 0.15) is 49.9 Å². The molecule has 0 saturated heterocycles. The van der Waals surface area contributed by atoms with Crippen LogP contribution < -0.4 is 0 Å². The van der Waals surface area contributed by atoms with Crippen LogP contribution in [0.2, 0.25) is 0 Å². The maximum atomic E-state index is 13.3. The molecule has 0 saturated carbocycles. The average Bonchev–Trinajstić information content (AvgIpc) is 2.90. The number of benzene rings is 4. The van der Waals surface area contributed by atoms with Crippen molar-refractivity contribution in [2.75, 3.05) is 0 Å². The first-order valence-electron chi connectivity index (χ1n) is 11.7. The summed E-state index contributed by atoms with van der Waals surface area (Å²) < 4.78 is 0. The van der Waals surface area contributed by atoms with Crippen LogP contribution >= 0.6 is 11.8 Å². The van der Waals surface area contributed by atoms with Crippen molar-refractivity contribution in [2.45, 2.75) is 30.6 Å². The summed E-state index contributed by atoms with van der Waals surface area (Å²) in [6, 6.07) is 29.5. The quantitative estimate of drug-likeness (QED) is 0.113. The van der Waals surface area contributed by atoms with Crippen molar-refractivity contribution in [1.82, 2.24) is 0 Å². The van der Waals surface area contributed by atoms with E-state index in [0.29, 0.717) is 22.3 Å². The summed E-state index contributed by atoms with van der Waals surface area (Å²) >= 11 is 1.53. The summed E-state index contributed by atoms with van der Waals surface area (Å²) in [5.74, 6) is -0.944. The molecule has 0 atom stereocenters. The Bertz CT molecular complexity index is 1490. The van der Waals surface area contributed by atoms with Crippen molar-refractivity contribution >= 4 is 35.0 Å². The monoisotopic (exact) mass is 507 g/mol. The minimum absolute atomic E-state index is 0.00242. The Labute approximate surface area is 220 Å². The summed E-state index contributed by atoms with van der Waals surface area (Å²) in [5, 5.41) is 3.86. The molecule has 0 aliphatic carbocycles. The van der Waals surface area contributed by atoms with E-state index in [1.165, 1.54) is 18.7 Å². The molecule has 0 unspecified atom stereocenters. The number of nitrogens with zero attached hydrogens (tertiary/aromatic N) is 1. The zero-order chi connectivity index (χ0) is 26.4. The van der Waals surface area contributed by atoms with Crippen LogP contribution in [0.15, 0.2) is 112 Å². The SMILES string of the molecule is CC(=O)O/N=C(\C(=O)c1ccc(Sc2ccc(C(=O)c3ccccc3C)cc2)cc1)c1ccccc1C. The van der Waals surface area contributed by atoms with Crippen molar-refractivity contribution in [3.8, 4) is 0 Å². The second-order valence-electron chi connectivity index (χ2n) is 8.46. The molecule has 0 amide bonds. The molecule has 6 heteroatoms. The number of aryl methyl sites for hydroxylation is 2. The van der Waals surface area contributed by atoms with Crippen LogP contribution in [0.5, 0.6) is 0 Å². The number of rotatable bonds is 8. The number of carbonyl (C=O) groups is 3. The molecular weight excluding hydrogens is 482 g/mol. The number of hydrogen-bond donors (Lipinski definition) is 0. The fraction of sp³-hybridized carbons (Fsp3) is 0.0968. The normalized spacial score (nSPS) is 11.2. The van der Waals surface area contributed by atoms with Gasteiger partial charge in [0.25, 0.3) is 0 Å². The van der Waals surface area contributed by atoms with E-state index in [1.54, 1.807) is 24.3 Å². The van der Waals surface area contributed by atoms with Gasteiger partial charge in [-0.2, -0.15) is 0 Å². The lowest BCUT2D eigenvalue weighted by Gasteiger charge is -2.09. The Morgan fingerprint density at radius 2 is 1.14 bits per heavy atom. The molecule has 0 aliphatic heterocycles. The third kappa shape index (κ3) is 6.29. The second-order valence-corrected chi connectivity index (χ2v) is 9.61. The van der Waals surface area contributed by atoms with Crippen LogP contribution in [-0.4, -0.2) is 23.2 Å². The lowest BCUT2D eigenvalue weighted by Crippen LogP contribution is -2.18. The molecule has 4 rings (SSSR count). The van der Waals surface area contributed by atoms with Gasteiger partial charge in [-0.3, -0.25) is 9.59 Å². The highest BCUT2D eigenvalue weighted by molar-refractivity contribution is 7.99. The van der Waals surface area contributed by atoms with Crippen molar-refractivity contribution in [2.24, 2.45) is 5.16 Å². The molecule has 4 aromatic rings. The van der Waals surface area contributed by atoms with Gasteiger partial charge < -0.3 is 4.84 Å². The zero-order valence-corrected chi connectivity index (χ0v) is 21.5. The Morgan fingerprint density at radius 1 is 0.649 bits per heavy atom. The fourth-order valence-electron chi connectivity index (χ4n) is 3.77. The number of hydrogen-bond acceptors (Lipinski definition) is 6. The van der Waals surface area contributed by atoms with Crippen LogP contribution in [0.4, 0.5) is 0 Å². The van der Waals surface area contributed by atoms with E-state index in [9.17, 15) is 14.4 Å². The van der Waals surface area contributed by atoms with E-state index < -0.39 is 5.97 Å². The van der Waals surface area contributed by atoms with Gasteiger partial charge in [-0.1, -0.05) is 65.4 Å². The third-order valence-corrected chi connectivity index (χ3v) is 6.75. The molecule has 0 N–H and O–H groups in total. The van der Waals surface area contributed by atoms with Gasteiger partial charge in [0.05, 0.1) is 0 Å². The van der Waals surface area contributed by atoms with Crippen molar-refractivity contribution < 1.29 is 19.2 Å². The second kappa shape index (κ2) is 11.6. The van der Waals surface area contributed by atoms with Gasteiger partial charge in [0.1, 0.15) is 0 Å². The molecule has 4 aromatic carbocycles. The Kier molecular flexibility index (Phi) is 8.11. The molecule has 5 nitrogen and oxygen atoms in total. The van der Waals surface area contributed by atoms with Gasteiger partial charge in [0.15, 0.2) is 11.5 Å². The highest BCUT2D eigenvalue weighted by Crippen LogP contribution is 2.29. The van der Waals surface area contributed by atoms with Crippen LogP contribution in [-0.2, 0) is 9.63 Å². The number of ketones is 2. The minimum Gasteiger partial charge on any atom is -0.318 e. The molecule has 0 radical (unpaired) electrons. The molecular formula is C31H25NO4S. The molecule has 0 spiro atoms. The molecule has 0 aliphatic rings. The summed E-state index contributed by atoms with van der Waals surface area (Å²) in [6.45, 7) is 5.03. The van der Waals surface area contributed by atoms with Crippen LogP contribution in [0.25, 0.3) is 0 Å². The predicted octanol–water partition coefficient (Wildman–Crippen LogP) is 6.84. The molecule has 184 valence electrons. The average molecular weight is 508 g/mol. The number of carbonyl (C=O) groups excluding carboxylic acids is 3. The van der Waals surface area contributed by atoms with Crippen LogP contribution in [0.3, 0.4) is 0 Å². The molecule has 37 heavy (non-hydrogen) atoms. The van der Waals surface area contributed by atoms with E-state index >= 15 is 0 Å². The van der Waals surface area contributed by atoms with Crippen LogP contribution in [0, 0.1) is 13.8 Å². The van der Waals surface area contributed by atoms with Crippen molar-refractivity contribution in [3.05, 3.63) is 130 Å². The fourth-order valence-corrected chi connectivity index (χ4v) is 4.58. The smallest absolute Gasteiger partial charge is 0.318 e. The predicted molar refractivity (Wildman–Crippen MR) is 145 cm³/mol. The van der Waals surface area contributed by atoms with E-state index in [2.05, 4.69) is 5.16 Å². The summed E-state index contributed by atoms with van der Waals surface area (Å²) in [4.78, 5) is 44.1. The largest absolute Gasteiger partial charge is 0.332 e. The maximum absolute atomic E-state index is 13.3. The summed E-state index contributed by atoms with van der Waals surface area (Å²) in [7, 11) is 0. The lowest BCUT2D eigenvalue weighted by molar-refractivity contribution is -0.140. The third-order valence-electron chi connectivity index (χ3n) is 5.74. The number of Topliss-reactive ketones (excluding diaryl/α,β-unsaturated/α-hetero) is 1. The molecule has 0 bridgehead atoms. The van der Waals surface area contributed by atoms with E-state index in [4.69, 9.17) is 4.84 Å². The first-order chi connectivity index (χ1) is 17.8. The Balaban J connectivity index is 1.50. The van der Waals surface area contributed by atoms with Crippen molar-refractivity contribution in [3.63, 3.8) is 0 Å². The van der Waals surface area contributed by atoms with Gasteiger partial charge in [-0.05, 0) is 73.5 Å². The maximum Gasteiger partial charge on any atom is 0.332 e. The minimum atomic E-state index is -0.600. The summed E-state index contributed by atoms with van der Waals surface area (Å²) in [6.07, 6.45) is 0. The molecule has 0 heterocycles. The van der Waals surface area contributed by atoms with Gasteiger partial charge >= 0.3 is 5.97 Å². The highest BCUT2D eigenvalue weighted by atomic mass is 32.2. The lowest BCUT2D eigenvalue weighted by atomic mass is 9.97. The van der Waals surface area contributed by atoms with E-state index in [0.717, 1.165) is 20.9 Å².